The molecule has 2 aliphatic rings. The number of thioether (sulfide) groups is 1. The van der Waals surface area contributed by atoms with Crippen molar-refractivity contribution in [3.05, 3.63) is 27.9 Å². The third-order valence-electron chi connectivity index (χ3n) is 5.03. The molecule has 128 valence electrons. The molecule has 0 radical (unpaired) electrons. The van der Waals surface area contributed by atoms with Crippen LogP contribution in [0.5, 0.6) is 0 Å². The van der Waals surface area contributed by atoms with Crippen LogP contribution in [0.3, 0.4) is 0 Å². The lowest BCUT2D eigenvalue weighted by Crippen LogP contribution is -2.57. The summed E-state index contributed by atoms with van der Waals surface area (Å²) in [4.78, 5) is 21.9. The molecule has 24 heavy (non-hydrogen) atoms. The number of aryl methyl sites for hydroxylation is 1. The van der Waals surface area contributed by atoms with E-state index in [1.54, 1.807) is 24.8 Å². The minimum Gasteiger partial charge on any atom is -0.349 e. The fourth-order valence-corrected chi connectivity index (χ4v) is 5.28. The molecular formula is C16H18FIN4OS. The zero-order valence-corrected chi connectivity index (χ0v) is 16.7. The molecule has 8 heteroatoms. The normalized spacial score (nSPS) is 24.1. The van der Waals surface area contributed by atoms with Gasteiger partial charge in [0.1, 0.15) is 11.6 Å². The van der Waals surface area contributed by atoms with Crippen LogP contribution in [0.1, 0.15) is 12.5 Å². The standard InChI is InChI=1S/C16H18FIN4OS/c1-8-4-11-12-14(13(8)17)24-7-10-6-20(3)9(2)5-21(10)15(12)19-16(23)22(11)18/h4,9-10H,5-7H2,1-3H3. The molecule has 0 spiro atoms. The molecule has 0 saturated carbocycles. The van der Waals surface area contributed by atoms with Crippen molar-refractivity contribution in [2.75, 3.05) is 30.8 Å². The van der Waals surface area contributed by atoms with Gasteiger partial charge >= 0.3 is 5.69 Å². The number of benzene rings is 1. The predicted octanol–water partition coefficient (Wildman–Crippen LogP) is 2.66. The van der Waals surface area contributed by atoms with Crippen molar-refractivity contribution in [1.82, 2.24) is 12.7 Å². The lowest BCUT2D eigenvalue weighted by atomic mass is 10.1. The van der Waals surface area contributed by atoms with Gasteiger partial charge in [-0.2, -0.15) is 4.98 Å². The quantitative estimate of drug-likeness (QED) is 0.566. The Morgan fingerprint density at radius 3 is 2.92 bits per heavy atom. The molecule has 2 aliphatic heterocycles. The van der Waals surface area contributed by atoms with E-state index < -0.39 is 0 Å². The van der Waals surface area contributed by atoms with Crippen molar-refractivity contribution in [2.45, 2.75) is 30.8 Å². The molecule has 1 aromatic carbocycles. The Labute approximate surface area is 157 Å². The first kappa shape index (κ1) is 16.6. The summed E-state index contributed by atoms with van der Waals surface area (Å²) in [5, 5.41) is 0.774. The second kappa shape index (κ2) is 5.84. The zero-order chi connectivity index (χ0) is 17.2. The first-order valence-corrected chi connectivity index (χ1v) is 9.85. The molecular weight excluding hydrogens is 442 g/mol. The Morgan fingerprint density at radius 1 is 1.42 bits per heavy atom. The van der Waals surface area contributed by atoms with Gasteiger partial charge in [-0.25, -0.2) is 12.0 Å². The van der Waals surface area contributed by atoms with E-state index in [0.717, 1.165) is 29.7 Å². The van der Waals surface area contributed by atoms with Crippen LogP contribution in [-0.4, -0.2) is 50.6 Å². The Morgan fingerprint density at radius 2 is 2.17 bits per heavy atom. The molecule has 0 bridgehead atoms. The van der Waals surface area contributed by atoms with Gasteiger partial charge in [-0.15, -0.1) is 11.8 Å². The van der Waals surface area contributed by atoms with Crippen LogP contribution in [0.25, 0.3) is 10.9 Å². The monoisotopic (exact) mass is 460 g/mol. The van der Waals surface area contributed by atoms with E-state index in [4.69, 9.17) is 0 Å². The van der Waals surface area contributed by atoms with Crippen LogP contribution in [0.4, 0.5) is 10.2 Å². The number of nitrogens with zero attached hydrogens (tertiary/aromatic N) is 4. The van der Waals surface area contributed by atoms with Crippen LogP contribution in [0, 0.1) is 12.7 Å². The third kappa shape index (κ3) is 2.37. The summed E-state index contributed by atoms with van der Waals surface area (Å²) in [5.74, 6) is 1.25. The summed E-state index contributed by atoms with van der Waals surface area (Å²) in [6.45, 7) is 5.60. The second-order valence-corrected chi connectivity index (χ2v) is 8.63. The molecule has 0 aliphatic carbocycles. The Balaban J connectivity index is 2.05. The number of hydrogen-bond donors (Lipinski definition) is 0. The maximum atomic E-state index is 14.8. The Hall–Kier alpha value is -0.870. The maximum Gasteiger partial charge on any atom is 0.359 e. The average Bonchev–Trinajstić information content (AvgIpc) is 2.68. The summed E-state index contributed by atoms with van der Waals surface area (Å²) >= 11 is 3.50. The van der Waals surface area contributed by atoms with Crippen LogP contribution >= 0.6 is 34.6 Å². The van der Waals surface area contributed by atoms with Gasteiger partial charge < -0.3 is 4.90 Å². The number of hydrogen-bond acceptors (Lipinski definition) is 5. The fourth-order valence-electron chi connectivity index (χ4n) is 3.52. The van der Waals surface area contributed by atoms with Gasteiger partial charge in [0.15, 0.2) is 0 Å². The van der Waals surface area contributed by atoms with E-state index in [-0.39, 0.29) is 17.5 Å². The van der Waals surface area contributed by atoms with Crippen molar-refractivity contribution in [3.63, 3.8) is 0 Å². The first-order chi connectivity index (χ1) is 11.4. The number of fused-ring (bicyclic) bond motifs is 2. The summed E-state index contributed by atoms with van der Waals surface area (Å²) < 4.78 is 16.3. The van der Waals surface area contributed by atoms with Gasteiger partial charge in [-0.1, -0.05) is 0 Å². The second-order valence-electron chi connectivity index (χ2n) is 6.64. The zero-order valence-electron chi connectivity index (χ0n) is 13.7. The van der Waals surface area contributed by atoms with Gasteiger partial charge in [0.25, 0.3) is 0 Å². The lowest BCUT2D eigenvalue weighted by Gasteiger charge is -2.43. The molecule has 1 saturated heterocycles. The van der Waals surface area contributed by atoms with E-state index in [2.05, 4.69) is 28.8 Å². The minimum atomic E-state index is -0.299. The van der Waals surface area contributed by atoms with E-state index in [0.29, 0.717) is 22.3 Å². The number of anilines is 1. The molecule has 0 amide bonds. The van der Waals surface area contributed by atoms with Gasteiger partial charge in [-0.05, 0) is 32.5 Å². The summed E-state index contributed by atoms with van der Waals surface area (Å²) in [6, 6.07) is 2.35. The van der Waals surface area contributed by atoms with Crippen molar-refractivity contribution in [1.29, 1.82) is 0 Å². The van der Waals surface area contributed by atoms with Gasteiger partial charge in [-0.3, -0.25) is 4.90 Å². The van der Waals surface area contributed by atoms with E-state index in [9.17, 15) is 9.18 Å². The van der Waals surface area contributed by atoms with Crippen LogP contribution in [-0.2, 0) is 0 Å². The molecule has 0 N–H and O–H groups in total. The van der Waals surface area contributed by atoms with Gasteiger partial charge in [0.05, 0.1) is 44.7 Å². The van der Waals surface area contributed by atoms with Crippen molar-refractivity contribution in [2.24, 2.45) is 0 Å². The highest BCUT2D eigenvalue weighted by atomic mass is 127. The first-order valence-electron chi connectivity index (χ1n) is 7.90. The van der Waals surface area contributed by atoms with E-state index >= 15 is 0 Å². The molecule has 1 aromatic heterocycles. The van der Waals surface area contributed by atoms with Crippen LogP contribution in [0.15, 0.2) is 15.8 Å². The highest BCUT2D eigenvalue weighted by Crippen LogP contribution is 2.42. The van der Waals surface area contributed by atoms with Crippen molar-refractivity contribution >= 4 is 51.3 Å². The molecule has 2 unspecified atom stereocenters. The van der Waals surface area contributed by atoms with E-state index in [1.165, 1.54) is 2.78 Å². The molecule has 1 fully saturated rings. The molecule has 4 rings (SSSR count). The van der Waals surface area contributed by atoms with Gasteiger partial charge in [0, 0.05) is 24.9 Å². The van der Waals surface area contributed by atoms with E-state index in [1.807, 2.05) is 22.9 Å². The maximum absolute atomic E-state index is 14.8. The predicted molar refractivity (Wildman–Crippen MR) is 104 cm³/mol. The number of halogens is 2. The SMILES string of the molecule is Cc1cc2c3c(nc(=O)n2I)N2CC(C)N(C)CC2CSc3c1F. The molecule has 5 nitrogen and oxygen atoms in total. The molecule has 2 aromatic rings. The third-order valence-corrected chi connectivity index (χ3v) is 7.19. The van der Waals surface area contributed by atoms with Crippen LogP contribution in [0.2, 0.25) is 0 Å². The van der Waals surface area contributed by atoms with Gasteiger partial charge in [0.2, 0.25) is 0 Å². The van der Waals surface area contributed by atoms with Crippen LogP contribution < -0.4 is 10.6 Å². The Bertz CT molecular complexity index is 902. The highest BCUT2D eigenvalue weighted by molar-refractivity contribution is 14.1. The smallest absolute Gasteiger partial charge is 0.349 e. The summed E-state index contributed by atoms with van der Waals surface area (Å²) in [7, 11) is 2.11. The fraction of sp³-hybridized carbons (Fsp3) is 0.500. The topological polar surface area (TPSA) is 41.4 Å². The molecule has 2 atom stereocenters. The lowest BCUT2D eigenvalue weighted by molar-refractivity contribution is 0.207. The number of piperazine rings is 1. The number of rotatable bonds is 0. The Kier molecular flexibility index (Phi) is 4.04. The minimum absolute atomic E-state index is 0.188. The largest absolute Gasteiger partial charge is 0.359 e. The summed E-state index contributed by atoms with van der Waals surface area (Å²) in [6.07, 6.45) is 0. The van der Waals surface area contributed by atoms with Crippen molar-refractivity contribution < 1.29 is 4.39 Å². The number of aromatic nitrogens is 2. The number of likely N-dealkylation sites (N-methyl/N-ethyl adjacent to an activating group) is 1. The summed E-state index contributed by atoms with van der Waals surface area (Å²) in [5.41, 5.74) is 1.02. The highest BCUT2D eigenvalue weighted by Gasteiger charge is 2.35. The molecule has 3 heterocycles. The van der Waals surface area contributed by atoms with Crippen molar-refractivity contribution in [3.8, 4) is 0 Å². The average molecular weight is 460 g/mol.